The number of thiazole rings is 1. The van der Waals surface area contributed by atoms with Crippen LogP contribution in [0.1, 0.15) is 27.7 Å². The molecular formula is C24H22N4O6S. The van der Waals surface area contributed by atoms with Crippen molar-refractivity contribution in [3.05, 3.63) is 76.8 Å². The van der Waals surface area contributed by atoms with E-state index >= 15 is 0 Å². The van der Waals surface area contributed by atoms with Crippen molar-refractivity contribution in [2.45, 2.75) is 18.5 Å². The number of imide groups is 1. The van der Waals surface area contributed by atoms with Gasteiger partial charge in [0.05, 0.1) is 14.2 Å². The molecule has 0 radical (unpaired) electrons. The van der Waals surface area contributed by atoms with E-state index in [4.69, 9.17) is 4.74 Å². The fourth-order valence-corrected chi connectivity index (χ4v) is 4.35. The van der Waals surface area contributed by atoms with Gasteiger partial charge in [-0.1, -0.05) is 42.5 Å². The third kappa shape index (κ3) is 5.14. The summed E-state index contributed by atoms with van der Waals surface area (Å²) in [6, 6.07) is 13.0. The number of nitrogens with zero attached hydrogens (tertiary/aromatic N) is 2. The fraction of sp³-hybridized carbons (Fsp3) is 0.208. The second-order valence-corrected chi connectivity index (χ2v) is 8.45. The van der Waals surface area contributed by atoms with Crippen molar-refractivity contribution < 1.29 is 28.7 Å². The average Bonchev–Trinajstić information content (AvgIpc) is 3.46. The number of benzene rings is 2. The maximum absolute atomic E-state index is 13.3. The first-order valence-corrected chi connectivity index (χ1v) is 11.5. The first-order valence-electron chi connectivity index (χ1n) is 10.6. The van der Waals surface area contributed by atoms with Crippen LogP contribution in [-0.2, 0) is 20.7 Å². The molecular weight excluding hydrogens is 472 g/mol. The Hall–Kier alpha value is -4.25. The van der Waals surface area contributed by atoms with Crippen molar-refractivity contribution in [2.75, 3.05) is 19.5 Å². The number of carbonyl (C=O) groups excluding carboxylic acids is 4. The van der Waals surface area contributed by atoms with Crippen molar-refractivity contribution in [2.24, 2.45) is 0 Å². The lowest BCUT2D eigenvalue weighted by Gasteiger charge is -2.24. The van der Waals surface area contributed by atoms with Crippen LogP contribution in [-0.4, -0.2) is 54.0 Å². The van der Waals surface area contributed by atoms with Crippen LogP contribution in [0.2, 0.25) is 0 Å². The number of esters is 1. The molecule has 2 atom stereocenters. The van der Waals surface area contributed by atoms with Gasteiger partial charge in [0.15, 0.2) is 10.8 Å². The van der Waals surface area contributed by atoms with Crippen molar-refractivity contribution in [1.29, 1.82) is 0 Å². The van der Waals surface area contributed by atoms with Crippen LogP contribution in [0, 0.1) is 0 Å². The minimum absolute atomic E-state index is 0.0435. The van der Waals surface area contributed by atoms with E-state index in [1.54, 1.807) is 48.5 Å². The quantitative estimate of drug-likeness (QED) is 0.364. The summed E-state index contributed by atoms with van der Waals surface area (Å²) in [6.45, 7) is 0. The number of anilines is 1. The van der Waals surface area contributed by atoms with Crippen LogP contribution in [0.15, 0.2) is 60.0 Å². The lowest BCUT2D eigenvalue weighted by molar-refractivity contribution is -0.134. The molecule has 2 N–H and O–H groups in total. The van der Waals surface area contributed by atoms with Gasteiger partial charge in [0.25, 0.3) is 5.91 Å². The summed E-state index contributed by atoms with van der Waals surface area (Å²) in [6.07, 6.45) is 0.0937. The summed E-state index contributed by atoms with van der Waals surface area (Å²) >= 11 is 1.03. The van der Waals surface area contributed by atoms with Crippen molar-refractivity contribution in [3.63, 3.8) is 0 Å². The summed E-state index contributed by atoms with van der Waals surface area (Å²) in [5, 5.41) is 6.87. The monoisotopic (exact) mass is 494 g/mol. The van der Waals surface area contributed by atoms with Crippen molar-refractivity contribution >= 4 is 40.3 Å². The Balaban J connectivity index is 1.60. The third-order valence-corrected chi connectivity index (χ3v) is 6.19. The maximum Gasteiger partial charge on any atom is 0.357 e. The van der Waals surface area contributed by atoms with Gasteiger partial charge in [0.2, 0.25) is 5.91 Å². The number of nitrogens with one attached hydrogen (secondary N) is 2. The van der Waals surface area contributed by atoms with Gasteiger partial charge in [-0.25, -0.2) is 19.5 Å². The highest BCUT2D eigenvalue weighted by molar-refractivity contribution is 7.14. The molecule has 0 saturated carbocycles. The Morgan fingerprint density at radius 3 is 2.49 bits per heavy atom. The number of carbonyl (C=O) groups is 4. The predicted octanol–water partition coefficient (Wildman–Crippen LogP) is 2.78. The average molecular weight is 495 g/mol. The normalized spacial score (nSPS) is 15.9. The van der Waals surface area contributed by atoms with Crippen LogP contribution in [0.3, 0.4) is 0 Å². The largest absolute Gasteiger partial charge is 0.497 e. The summed E-state index contributed by atoms with van der Waals surface area (Å²) < 4.78 is 9.79. The number of aromatic nitrogens is 1. The predicted molar refractivity (Wildman–Crippen MR) is 127 cm³/mol. The highest BCUT2D eigenvalue weighted by Crippen LogP contribution is 2.27. The van der Waals surface area contributed by atoms with Gasteiger partial charge >= 0.3 is 12.0 Å². The molecule has 1 saturated heterocycles. The molecule has 180 valence electrons. The van der Waals surface area contributed by atoms with E-state index in [0.717, 1.165) is 21.8 Å². The molecule has 1 aliphatic rings. The number of hydrogen-bond acceptors (Lipinski definition) is 8. The first kappa shape index (κ1) is 23.9. The molecule has 0 unspecified atom stereocenters. The van der Waals surface area contributed by atoms with Gasteiger partial charge in [-0.05, 0) is 23.3 Å². The van der Waals surface area contributed by atoms with E-state index in [0.29, 0.717) is 11.3 Å². The molecule has 35 heavy (non-hydrogen) atoms. The molecule has 1 fully saturated rings. The topological polar surface area (TPSA) is 127 Å². The van der Waals surface area contributed by atoms with Crippen LogP contribution < -0.4 is 15.4 Å². The SMILES string of the molecule is COC(=O)c1csc(NC(=O)[C@@H](Cc2ccccc2)N2C(=O)N[C@H](c3ccc(OC)cc3)C2=O)n1. The van der Waals surface area contributed by atoms with Crippen LogP contribution in [0.5, 0.6) is 5.75 Å². The Morgan fingerprint density at radius 1 is 1.11 bits per heavy atom. The number of amides is 4. The lowest BCUT2D eigenvalue weighted by atomic mass is 10.0. The summed E-state index contributed by atoms with van der Waals surface area (Å²) in [7, 11) is 2.76. The summed E-state index contributed by atoms with van der Waals surface area (Å²) in [4.78, 5) is 56.3. The fourth-order valence-electron chi connectivity index (χ4n) is 3.67. The van der Waals surface area contributed by atoms with Crippen LogP contribution >= 0.6 is 11.3 Å². The lowest BCUT2D eigenvalue weighted by Crippen LogP contribution is -2.49. The van der Waals surface area contributed by atoms with Gasteiger partial charge in [-0.3, -0.25) is 9.59 Å². The Labute approximate surface area is 204 Å². The zero-order chi connectivity index (χ0) is 24.9. The number of methoxy groups -OCH3 is 2. The molecule has 3 aromatic rings. The van der Waals surface area contributed by atoms with Gasteiger partial charge in [0.1, 0.15) is 17.8 Å². The number of hydrogen-bond donors (Lipinski definition) is 2. The number of rotatable bonds is 8. The standard InChI is InChI=1S/C24H22N4O6S/c1-33-16-10-8-15(9-11-16)19-21(30)28(24(32)26-19)18(12-14-6-4-3-5-7-14)20(29)27-23-25-17(13-35-23)22(31)34-2/h3-11,13,18-19H,12H2,1-2H3,(H,26,32)(H,25,27,29)/t18-,19-/m1/s1. The van der Waals surface area contributed by atoms with E-state index in [2.05, 4.69) is 20.4 Å². The molecule has 0 spiro atoms. The van der Waals surface area contributed by atoms with Crippen molar-refractivity contribution in [1.82, 2.24) is 15.2 Å². The summed E-state index contributed by atoms with van der Waals surface area (Å²) in [5.41, 5.74) is 1.37. The summed E-state index contributed by atoms with van der Waals surface area (Å²) in [5.74, 6) is -1.19. The van der Waals surface area contributed by atoms with Crippen LogP contribution in [0.25, 0.3) is 0 Å². The van der Waals surface area contributed by atoms with E-state index in [1.807, 2.05) is 6.07 Å². The smallest absolute Gasteiger partial charge is 0.357 e. The van der Waals surface area contributed by atoms with E-state index in [-0.39, 0.29) is 17.2 Å². The molecule has 2 heterocycles. The zero-order valence-corrected chi connectivity index (χ0v) is 19.7. The molecule has 4 rings (SSSR count). The molecule has 0 bridgehead atoms. The molecule has 10 nitrogen and oxygen atoms in total. The van der Waals surface area contributed by atoms with Crippen LogP contribution in [0.4, 0.5) is 9.93 Å². The molecule has 11 heteroatoms. The second kappa shape index (κ2) is 10.3. The maximum atomic E-state index is 13.3. The first-order chi connectivity index (χ1) is 16.9. The third-order valence-electron chi connectivity index (χ3n) is 5.44. The number of ether oxygens (including phenoxy) is 2. The molecule has 1 aromatic heterocycles. The highest BCUT2D eigenvalue weighted by atomic mass is 32.1. The van der Waals surface area contributed by atoms with Gasteiger partial charge in [-0.2, -0.15) is 0 Å². The Morgan fingerprint density at radius 2 is 1.83 bits per heavy atom. The Kier molecular flexibility index (Phi) is 7.06. The second-order valence-electron chi connectivity index (χ2n) is 7.59. The highest BCUT2D eigenvalue weighted by Gasteiger charge is 2.45. The minimum atomic E-state index is -1.15. The zero-order valence-electron chi connectivity index (χ0n) is 18.9. The van der Waals surface area contributed by atoms with Gasteiger partial charge < -0.3 is 20.1 Å². The molecule has 0 aliphatic carbocycles. The molecule has 2 aromatic carbocycles. The Bertz CT molecular complexity index is 1240. The molecule has 1 aliphatic heterocycles. The molecule has 4 amide bonds. The van der Waals surface area contributed by atoms with Crippen molar-refractivity contribution in [3.8, 4) is 5.75 Å². The van der Waals surface area contributed by atoms with E-state index < -0.39 is 35.9 Å². The van der Waals surface area contributed by atoms with Gasteiger partial charge in [-0.15, -0.1) is 11.3 Å². The minimum Gasteiger partial charge on any atom is -0.497 e. The van der Waals surface area contributed by atoms with E-state index in [9.17, 15) is 19.2 Å². The van der Waals surface area contributed by atoms with E-state index in [1.165, 1.54) is 19.6 Å². The number of urea groups is 1. The van der Waals surface area contributed by atoms with Gasteiger partial charge in [0, 0.05) is 11.8 Å².